The number of aryl methyl sites for hydroxylation is 1. The van der Waals surface area contributed by atoms with Gasteiger partial charge < -0.3 is 14.3 Å². The highest BCUT2D eigenvalue weighted by Crippen LogP contribution is 2.23. The lowest BCUT2D eigenvalue weighted by Gasteiger charge is -2.35. The van der Waals surface area contributed by atoms with Gasteiger partial charge in [0.15, 0.2) is 0 Å². The molecule has 3 aromatic heterocycles. The number of nitrogens with one attached hydrogen (secondary N) is 1. The van der Waals surface area contributed by atoms with Crippen molar-refractivity contribution in [1.29, 1.82) is 0 Å². The van der Waals surface area contributed by atoms with Crippen LogP contribution in [0.2, 0.25) is 0 Å². The van der Waals surface area contributed by atoms with E-state index in [0.29, 0.717) is 0 Å². The predicted molar refractivity (Wildman–Crippen MR) is 92.1 cm³/mol. The van der Waals surface area contributed by atoms with Crippen LogP contribution in [0.15, 0.2) is 41.4 Å². The van der Waals surface area contributed by atoms with Crippen LogP contribution in [-0.4, -0.2) is 43.5 Å². The summed E-state index contributed by atoms with van der Waals surface area (Å²) in [5.74, 6) is 1.10. The number of fused-ring (bicyclic) bond motifs is 1. The lowest BCUT2D eigenvalue weighted by Crippen LogP contribution is -2.46. The van der Waals surface area contributed by atoms with Crippen molar-refractivity contribution < 1.29 is 0 Å². The molecule has 0 radical (unpaired) electrons. The van der Waals surface area contributed by atoms with Gasteiger partial charge in [0.2, 0.25) is 0 Å². The maximum absolute atomic E-state index is 4.55. The Hall–Kier alpha value is -1.70. The summed E-state index contributed by atoms with van der Waals surface area (Å²) in [6.07, 6.45) is 7.93. The average Bonchev–Trinajstić information content (AvgIpc) is 3.15. The molecule has 4 rings (SSSR count). The van der Waals surface area contributed by atoms with Gasteiger partial charge >= 0.3 is 0 Å². The summed E-state index contributed by atoms with van der Waals surface area (Å²) in [5, 5.41) is 3.48. The molecular formula is C16H19BrN6. The standard InChI is InChI=1S/C16H19BrN6/c1-21-6-5-19-16(21)14-9-18-4-7-22(14)11-13-8-20-15-3-2-12(17)10-23(13)15/h2-3,5-6,8,10,14,18H,4,7,9,11H2,1H3. The summed E-state index contributed by atoms with van der Waals surface area (Å²) in [5.41, 5.74) is 2.18. The molecule has 1 N–H and O–H groups in total. The monoisotopic (exact) mass is 374 g/mol. The van der Waals surface area contributed by atoms with E-state index in [9.17, 15) is 0 Å². The van der Waals surface area contributed by atoms with E-state index in [-0.39, 0.29) is 6.04 Å². The van der Waals surface area contributed by atoms with Crippen LogP contribution in [0.3, 0.4) is 0 Å². The van der Waals surface area contributed by atoms with Crippen LogP contribution >= 0.6 is 15.9 Å². The fraction of sp³-hybridized carbons (Fsp3) is 0.375. The number of hydrogen-bond donors (Lipinski definition) is 1. The summed E-state index contributed by atoms with van der Waals surface area (Å²) in [6.45, 7) is 3.78. The number of imidazole rings is 2. The smallest absolute Gasteiger partial charge is 0.136 e. The Kier molecular flexibility index (Phi) is 3.92. The van der Waals surface area contributed by atoms with Crippen LogP contribution in [0.1, 0.15) is 17.6 Å². The minimum absolute atomic E-state index is 0.279. The van der Waals surface area contributed by atoms with Gasteiger partial charge in [-0.2, -0.15) is 0 Å². The van der Waals surface area contributed by atoms with E-state index in [1.807, 2.05) is 30.7 Å². The zero-order valence-corrected chi connectivity index (χ0v) is 14.6. The molecule has 1 atom stereocenters. The van der Waals surface area contributed by atoms with Crippen molar-refractivity contribution in [3.05, 3.63) is 52.9 Å². The normalized spacial score (nSPS) is 19.5. The minimum atomic E-state index is 0.279. The maximum atomic E-state index is 4.55. The van der Waals surface area contributed by atoms with Gasteiger partial charge in [0, 0.05) is 56.3 Å². The molecular weight excluding hydrogens is 356 g/mol. The highest BCUT2D eigenvalue weighted by Gasteiger charge is 2.27. The molecule has 0 aromatic carbocycles. The third-order valence-corrected chi connectivity index (χ3v) is 4.89. The number of pyridine rings is 1. The molecule has 4 heterocycles. The second-order valence-corrected chi connectivity index (χ2v) is 6.83. The molecule has 120 valence electrons. The Morgan fingerprint density at radius 2 is 2.26 bits per heavy atom. The molecule has 0 amide bonds. The van der Waals surface area contributed by atoms with Crippen molar-refractivity contribution in [2.24, 2.45) is 7.05 Å². The maximum Gasteiger partial charge on any atom is 0.136 e. The van der Waals surface area contributed by atoms with E-state index in [0.717, 1.165) is 42.1 Å². The number of piperazine rings is 1. The van der Waals surface area contributed by atoms with Crippen LogP contribution in [0.4, 0.5) is 0 Å². The first-order valence-corrected chi connectivity index (χ1v) is 8.55. The summed E-state index contributed by atoms with van der Waals surface area (Å²) >= 11 is 3.54. The highest BCUT2D eigenvalue weighted by molar-refractivity contribution is 9.10. The first-order valence-electron chi connectivity index (χ1n) is 7.76. The molecule has 0 bridgehead atoms. The first kappa shape index (κ1) is 14.9. The van der Waals surface area contributed by atoms with E-state index in [1.54, 1.807) is 0 Å². The fourth-order valence-corrected chi connectivity index (χ4v) is 3.56. The third-order valence-electron chi connectivity index (χ3n) is 4.42. The van der Waals surface area contributed by atoms with Crippen LogP contribution in [0, 0.1) is 0 Å². The topological polar surface area (TPSA) is 50.4 Å². The van der Waals surface area contributed by atoms with Gasteiger partial charge in [0.05, 0.1) is 17.9 Å². The van der Waals surface area contributed by atoms with Crippen molar-refractivity contribution >= 4 is 21.6 Å². The number of aromatic nitrogens is 4. The highest BCUT2D eigenvalue weighted by atomic mass is 79.9. The van der Waals surface area contributed by atoms with Crippen molar-refractivity contribution in [2.45, 2.75) is 12.6 Å². The molecule has 3 aromatic rings. The van der Waals surface area contributed by atoms with Crippen molar-refractivity contribution in [1.82, 2.24) is 29.2 Å². The second kappa shape index (κ2) is 6.07. The van der Waals surface area contributed by atoms with E-state index in [4.69, 9.17) is 0 Å². The Morgan fingerprint density at radius 1 is 1.35 bits per heavy atom. The van der Waals surface area contributed by atoms with Gasteiger partial charge in [-0.05, 0) is 28.1 Å². The molecule has 1 fully saturated rings. The molecule has 1 aliphatic rings. The van der Waals surface area contributed by atoms with Crippen LogP contribution in [0.25, 0.3) is 5.65 Å². The first-order chi connectivity index (χ1) is 11.2. The predicted octanol–water partition coefficient (Wildman–Crippen LogP) is 1.98. The van der Waals surface area contributed by atoms with Crippen LogP contribution < -0.4 is 5.32 Å². The molecule has 1 saturated heterocycles. The molecule has 6 nitrogen and oxygen atoms in total. The van der Waals surface area contributed by atoms with E-state index < -0.39 is 0 Å². The lowest BCUT2D eigenvalue weighted by molar-refractivity contribution is 0.142. The van der Waals surface area contributed by atoms with E-state index in [2.05, 4.69) is 58.3 Å². The molecule has 0 saturated carbocycles. The van der Waals surface area contributed by atoms with Gasteiger partial charge in [-0.15, -0.1) is 0 Å². The Morgan fingerprint density at radius 3 is 3.09 bits per heavy atom. The van der Waals surface area contributed by atoms with E-state index >= 15 is 0 Å². The second-order valence-electron chi connectivity index (χ2n) is 5.91. The quantitative estimate of drug-likeness (QED) is 0.761. The summed E-state index contributed by atoms with van der Waals surface area (Å²) < 4.78 is 5.32. The Balaban J connectivity index is 1.65. The van der Waals surface area contributed by atoms with E-state index in [1.165, 1.54) is 5.69 Å². The minimum Gasteiger partial charge on any atom is -0.337 e. The lowest BCUT2D eigenvalue weighted by atomic mass is 10.1. The van der Waals surface area contributed by atoms with Crippen molar-refractivity contribution in [3.8, 4) is 0 Å². The average molecular weight is 375 g/mol. The van der Waals surface area contributed by atoms with Gasteiger partial charge in [-0.25, -0.2) is 9.97 Å². The number of halogens is 1. The zero-order valence-electron chi connectivity index (χ0n) is 13.0. The largest absolute Gasteiger partial charge is 0.337 e. The summed E-state index contributed by atoms with van der Waals surface area (Å²) in [6, 6.07) is 4.33. The van der Waals surface area contributed by atoms with Gasteiger partial charge in [-0.3, -0.25) is 4.90 Å². The molecule has 0 spiro atoms. The SMILES string of the molecule is Cn1ccnc1C1CNCCN1Cc1cnc2ccc(Br)cn12. The van der Waals surface area contributed by atoms with Crippen LogP contribution in [0.5, 0.6) is 0 Å². The van der Waals surface area contributed by atoms with Crippen molar-refractivity contribution in [3.63, 3.8) is 0 Å². The number of nitrogens with zero attached hydrogens (tertiary/aromatic N) is 5. The van der Waals surface area contributed by atoms with Crippen LogP contribution in [-0.2, 0) is 13.6 Å². The van der Waals surface area contributed by atoms with Gasteiger partial charge in [-0.1, -0.05) is 0 Å². The molecule has 23 heavy (non-hydrogen) atoms. The third kappa shape index (κ3) is 2.80. The molecule has 0 aliphatic carbocycles. The Bertz CT molecular complexity index is 823. The molecule has 1 aliphatic heterocycles. The summed E-state index contributed by atoms with van der Waals surface area (Å²) in [7, 11) is 2.06. The Labute approximate surface area is 143 Å². The number of hydrogen-bond acceptors (Lipinski definition) is 4. The zero-order chi connectivity index (χ0) is 15.8. The van der Waals surface area contributed by atoms with Crippen molar-refractivity contribution in [2.75, 3.05) is 19.6 Å². The molecule has 1 unspecified atom stereocenters. The molecule has 7 heteroatoms. The summed E-state index contributed by atoms with van der Waals surface area (Å²) in [4.78, 5) is 11.5. The van der Waals surface area contributed by atoms with Gasteiger partial charge in [0.25, 0.3) is 0 Å². The fourth-order valence-electron chi connectivity index (χ4n) is 3.22. The van der Waals surface area contributed by atoms with Gasteiger partial charge in [0.1, 0.15) is 11.5 Å². The number of rotatable bonds is 3.